The maximum absolute atomic E-state index is 9.39. The molecule has 0 spiro atoms. The van der Waals surface area contributed by atoms with Crippen LogP contribution >= 0.6 is 0 Å². The normalized spacial score (nSPS) is 25.3. The summed E-state index contributed by atoms with van der Waals surface area (Å²) in [5, 5.41) is 27.4. The molecule has 2 N–H and O–H groups in total. The summed E-state index contributed by atoms with van der Waals surface area (Å²) in [7, 11) is 0. The number of nitriles is 1. The number of benzene rings is 1. The molecule has 2 atom stereocenters. The second-order valence-corrected chi connectivity index (χ2v) is 3.70. The molecule has 4 nitrogen and oxygen atoms in total. The summed E-state index contributed by atoms with van der Waals surface area (Å²) in [6.45, 7) is 0.875. The van der Waals surface area contributed by atoms with Crippen LogP contribution in [0.4, 0.5) is 5.69 Å². The van der Waals surface area contributed by atoms with Gasteiger partial charge in [0, 0.05) is 18.8 Å². The van der Waals surface area contributed by atoms with E-state index < -0.39 is 12.2 Å². The van der Waals surface area contributed by atoms with E-state index in [-0.39, 0.29) is 0 Å². The molecule has 1 aliphatic rings. The Labute approximate surface area is 88.0 Å². The zero-order chi connectivity index (χ0) is 10.8. The van der Waals surface area contributed by atoms with Gasteiger partial charge in [-0.05, 0) is 24.3 Å². The van der Waals surface area contributed by atoms with E-state index in [4.69, 9.17) is 5.26 Å². The van der Waals surface area contributed by atoms with Crippen LogP contribution in [0.3, 0.4) is 0 Å². The third kappa shape index (κ3) is 1.94. The second kappa shape index (κ2) is 3.89. The monoisotopic (exact) mass is 204 g/mol. The minimum Gasteiger partial charge on any atom is -0.389 e. The predicted molar refractivity (Wildman–Crippen MR) is 55.4 cm³/mol. The number of anilines is 1. The number of rotatable bonds is 1. The van der Waals surface area contributed by atoms with Gasteiger partial charge in [-0.3, -0.25) is 0 Å². The van der Waals surface area contributed by atoms with Crippen molar-refractivity contribution < 1.29 is 10.2 Å². The van der Waals surface area contributed by atoms with Crippen LogP contribution in [0, 0.1) is 11.3 Å². The molecule has 0 saturated carbocycles. The summed E-state index contributed by atoms with van der Waals surface area (Å²) < 4.78 is 0. The molecule has 0 amide bonds. The molecule has 4 heteroatoms. The van der Waals surface area contributed by atoms with Crippen molar-refractivity contribution in [3.8, 4) is 6.07 Å². The molecule has 1 aromatic carbocycles. The summed E-state index contributed by atoms with van der Waals surface area (Å²) in [6, 6.07) is 9.15. The van der Waals surface area contributed by atoms with Gasteiger partial charge in [-0.2, -0.15) is 5.26 Å². The fraction of sp³-hybridized carbons (Fsp3) is 0.364. The smallest absolute Gasteiger partial charge is 0.0991 e. The van der Waals surface area contributed by atoms with Gasteiger partial charge in [-0.1, -0.05) is 0 Å². The first-order valence-corrected chi connectivity index (χ1v) is 4.82. The maximum Gasteiger partial charge on any atom is 0.0991 e. The lowest BCUT2D eigenvalue weighted by Gasteiger charge is -2.17. The molecule has 0 radical (unpaired) electrons. The van der Waals surface area contributed by atoms with Crippen molar-refractivity contribution in [2.75, 3.05) is 18.0 Å². The van der Waals surface area contributed by atoms with E-state index in [0.717, 1.165) is 5.69 Å². The van der Waals surface area contributed by atoms with E-state index in [0.29, 0.717) is 18.7 Å². The summed E-state index contributed by atoms with van der Waals surface area (Å²) >= 11 is 0. The number of β-amino-alcohol motifs (C(OH)–C–C–N with tert-alkyl or cyclic N) is 2. The van der Waals surface area contributed by atoms with Crippen molar-refractivity contribution in [1.82, 2.24) is 0 Å². The second-order valence-electron chi connectivity index (χ2n) is 3.70. The molecule has 0 aliphatic carbocycles. The van der Waals surface area contributed by atoms with Gasteiger partial charge in [-0.15, -0.1) is 0 Å². The van der Waals surface area contributed by atoms with E-state index in [1.165, 1.54) is 0 Å². The summed E-state index contributed by atoms with van der Waals surface area (Å²) in [5.74, 6) is 0. The fourth-order valence-corrected chi connectivity index (χ4v) is 1.73. The maximum atomic E-state index is 9.39. The first kappa shape index (κ1) is 9.97. The molecule has 1 saturated heterocycles. The highest BCUT2D eigenvalue weighted by atomic mass is 16.3. The quantitative estimate of drug-likeness (QED) is 0.680. The molecule has 2 rings (SSSR count). The molecule has 78 valence electrons. The van der Waals surface area contributed by atoms with Crippen molar-refractivity contribution in [3.63, 3.8) is 0 Å². The Morgan fingerprint density at radius 3 is 2.13 bits per heavy atom. The average molecular weight is 204 g/mol. The Bertz CT molecular complexity index is 373. The van der Waals surface area contributed by atoms with E-state index in [2.05, 4.69) is 0 Å². The van der Waals surface area contributed by atoms with Crippen LogP contribution in [0.2, 0.25) is 0 Å². The summed E-state index contributed by atoms with van der Waals surface area (Å²) in [6.07, 6.45) is -1.36. The van der Waals surface area contributed by atoms with Crippen LogP contribution in [0.15, 0.2) is 24.3 Å². The third-order valence-corrected chi connectivity index (χ3v) is 2.62. The zero-order valence-electron chi connectivity index (χ0n) is 8.17. The average Bonchev–Trinajstić information content (AvgIpc) is 2.59. The number of hydrogen-bond donors (Lipinski definition) is 2. The Kier molecular flexibility index (Phi) is 2.58. The molecular formula is C11H12N2O2. The molecule has 2 unspecified atom stereocenters. The largest absolute Gasteiger partial charge is 0.389 e. The number of aliphatic hydroxyl groups excluding tert-OH is 2. The van der Waals surface area contributed by atoms with E-state index >= 15 is 0 Å². The predicted octanol–water partition coefficient (Wildman–Crippen LogP) is 0.100. The van der Waals surface area contributed by atoms with Gasteiger partial charge in [0.1, 0.15) is 0 Å². The van der Waals surface area contributed by atoms with Crippen LogP contribution < -0.4 is 4.90 Å². The third-order valence-electron chi connectivity index (χ3n) is 2.62. The Hall–Kier alpha value is -1.57. The lowest BCUT2D eigenvalue weighted by molar-refractivity contribution is 0.0572. The summed E-state index contributed by atoms with van der Waals surface area (Å²) in [5.41, 5.74) is 1.53. The molecular weight excluding hydrogens is 192 g/mol. The van der Waals surface area contributed by atoms with Crippen LogP contribution in [0.25, 0.3) is 0 Å². The van der Waals surface area contributed by atoms with Gasteiger partial charge in [0.05, 0.1) is 23.8 Å². The SMILES string of the molecule is N#Cc1ccc(N2CC(O)C(O)C2)cc1. The first-order valence-electron chi connectivity index (χ1n) is 4.82. The van der Waals surface area contributed by atoms with Crippen molar-refractivity contribution in [3.05, 3.63) is 29.8 Å². The van der Waals surface area contributed by atoms with Crippen molar-refractivity contribution in [1.29, 1.82) is 5.26 Å². The van der Waals surface area contributed by atoms with E-state index in [9.17, 15) is 10.2 Å². The van der Waals surface area contributed by atoms with Gasteiger partial charge in [0.15, 0.2) is 0 Å². The van der Waals surface area contributed by atoms with Gasteiger partial charge in [0.2, 0.25) is 0 Å². The van der Waals surface area contributed by atoms with Gasteiger partial charge >= 0.3 is 0 Å². The van der Waals surface area contributed by atoms with E-state index in [1.807, 2.05) is 23.1 Å². The molecule has 0 bridgehead atoms. The lowest BCUT2D eigenvalue weighted by Crippen LogP contribution is -2.22. The van der Waals surface area contributed by atoms with Crippen molar-refractivity contribution in [2.45, 2.75) is 12.2 Å². The molecule has 1 heterocycles. The Morgan fingerprint density at radius 2 is 1.67 bits per heavy atom. The Balaban J connectivity index is 2.14. The van der Waals surface area contributed by atoms with Gasteiger partial charge in [-0.25, -0.2) is 0 Å². The topological polar surface area (TPSA) is 67.5 Å². The molecule has 0 aromatic heterocycles. The lowest BCUT2D eigenvalue weighted by atomic mass is 10.2. The zero-order valence-corrected chi connectivity index (χ0v) is 8.17. The van der Waals surface area contributed by atoms with Crippen molar-refractivity contribution in [2.24, 2.45) is 0 Å². The highest BCUT2D eigenvalue weighted by molar-refractivity contribution is 5.50. The summed E-state index contributed by atoms with van der Waals surface area (Å²) in [4.78, 5) is 1.90. The van der Waals surface area contributed by atoms with Crippen LogP contribution in [0.1, 0.15) is 5.56 Å². The standard InChI is InChI=1S/C11H12N2O2/c12-5-8-1-3-9(4-2-8)13-6-10(14)11(15)7-13/h1-4,10-11,14-15H,6-7H2. The van der Waals surface area contributed by atoms with Crippen LogP contribution in [-0.4, -0.2) is 35.5 Å². The number of hydrogen-bond acceptors (Lipinski definition) is 4. The molecule has 1 aromatic rings. The first-order chi connectivity index (χ1) is 7.20. The molecule has 1 fully saturated rings. The van der Waals surface area contributed by atoms with Crippen molar-refractivity contribution >= 4 is 5.69 Å². The highest BCUT2D eigenvalue weighted by Gasteiger charge is 2.29. The molecule has 15 heavy (non-hydrogen) atoms. The minimum atomic E-state index is -0.680. The number of aliphatic hydroxyl groups is 2. The number of nitrogens with zero attached hydrogens (tertiary/aromatic N) is 2. The van der Waals surface area contributed by atoms with Gasteiger partial charge < -0.3 is 15.1 Å². The molecule has 1 aliphatic heterocycles. The Morgan fingerprint density at radius 1 is 1.13 bits per heavy atom. The van der Waals surface area contributed by atoms with Gasteiger partial charge in [0.25, 0.3) is 0 Å². The van der Waals surface area contributed by atoms with Crippen LogP contribution in [0.5, 0.6) is 0 Å². The fourth-order valence-electron chi connectivity index (χ4n) is 1.73. The minimum absolute atomic E-state index is 0.438. The highest BCUT2D eigenvalue weighted by Crippen LogP contribution is 2.20. The van der Waals surface area contributed by atoms with E-state index in [1.54, 1.807) is 12.1 Å². The van der Waals surface area contributed by atoms with Crippen LogP contribution in [-0.2, 0) is 0 Å².